The molecule has 0 spiro atoms. The molecule has 0 unspecified atom stereocenters. The van der Waals surface area contributed by atoms with Crippen molar-refractivity contribution in [2.75, 3.05) is 7.11 Å². The summed E-state index contributed by atoms with van der Waals surface area (Å²) in [7, 11) is 1.66. The van der Waals surface area contributed by atoms with E-state index in [9.17, 15) is 0 Å². The molecule has 6 heteroatoms. The number of aromatic nitrogens is 2. The first kappa shape index (κ1) is 16.7. The Balaban J connectivity index is 1.63. The van der Waals surface area contributed by atoms with E-state index in [0.29, 0.717) is 18.3 Å². The smallest absolute Gasteiger partial charge is 0.282 e. The Morgan fingerprint density at radius 1 is 1.21 bits per heavy atom. The third kappa shape index (κ3) is 3.83. The van der Waals surface area contributed by atoms with E-state index in [1.54, 1.807) is 7.11 Å². The Morgan fingerprint density at radius 2 is 2.00 bits per heavy atom. The van der Waals surface area contributed by atoms with Crippen LogP contribution in [0.5, 0.6) is 5.75 Å². The number of nitrogens with zero attached hydrogens (tertiary/aromatic N) is 2. The highest BCUT2D eigenvalue weighted by Crippen LogP contribution is 2.27. The molecule has 1 atom stereocenters. The average Bonchev–Trinajstić information content (AvgIpc) is 3.09. The highest BCUT2D eigenvalue weighted by Gasteiger charge is 2.14. The fraction of sp³-hybridized carbons (Fsp3) is 0.222. The highest BCUT2D eigenvalue weighted by molar-refractivity contribution is 9.10. The fourth-order valence-corrected chi connectivity index (χ4v) is 2.98. The second kappa shape index (κ2) is 7.59. The van der Waals surface area contributed by atoms with Crippen LogP contribution in [0.2, 0.25) is 0 Å². The van der Waals surface area contributed by atoms with Gasteiger partial charge in [0.15, 0.2) is 6.54 Å². The SMILES string of the molecule is COc1ccc([C@H](C)[NH2+]Cc2nc(-c3ccccc3)no2)cc1Br. The van der Waals surface area contributed by atoms with Gasteiger partial charge in [-0.1, -0.05) is 35.5 Å². The molecule has 2 aromatic carbocycles. The number of nitrogens with two attached hydrogens (primary N) is 1. The van der Waals surface area contributed by atoms with E-state index in [-0.39, 0.29) is 6.04 Å². The quantitative estimate of drug-likeness (QED) is 0.703. The average molecular weight is 389 g/mol. The fourth-order valence-electron chi connectivity index (χ4n) is 2.42. The van der Waals surface area contributed by atoms with Crippen molar-refractivity contribution in [3.05, 3.63) is 64.5 Å². The zero-order valence-electron chi connectivity index (χ0n) is 13.6. The first-order valence-corrected chi connectivity index (χ1v) is 8.51. The third-order valence-electron chi connectivity index (χ3n) is 3.85. The maximum Gasteiger partial charge on any atom is 0.282 e. The van der Waals surface area contributed by atoms with Gasteiger partial charge in [-0.05, 0) is 41.1 Å². The Bertz CT molecular complexity index is 805. The van der Waals surface area contributed by atoms with Crippen molar-refractivity contribution >= 4 is 15.9 Å². The zero-order chi connectivity index (χ0) is 16.9. The maximum absolute atomic E-state index is 5.34. The maximum atomic E-state index is 5.34. The number of halogens is 1. The summed E-state index contributed by atoms with van der Waals surface area (Å²) in [5, 5.41) is 6.21. The van der Waals surface area contributed by atoms with Crippen molar-refractivity contribution in [1.82, 2.24) is 10.1 Å². The summed E-state index contributed by atoms with van der Waals surface area (Å²) in [5.74, 6) is 2.07. The van der Waals surface area contributed by atoms with E-state index in [0.717, 1.165) is 15.8 Å². The van der Waals surface area contributed by atoms with Crippen LogP contribution in [-0.2, 0) is 6.54 Å². The first-order valence-electron chi connectivity index (χ1n) is 7.72. The standard InChI is InChI=1S/C18H18BrN3O2/c1-12(14-8-9-16(23-2)15(19)10-14)20-11-17-21-18(22-24-17)13-6-4-3-5-7-13/h3-10,12,20H,11H2,1-2H3/p+1/t12-/m0/s1. The number of benzene rings is 2. The van der Waals surface area contributed by atoms with Crippen LogP contribution in [0, 0.1) is 0 Å². The lowest BCUT2D eigenvalue weighted by Crippen LogP contribution is -2.83. The zero-order valence-corrected chi connectivity index (χ0v) is 15.2. The predicted octanol–water partition coefficient (Wildman–Crippen LogP) is 3.33. The van der Waals surface area contributed by atoms with Crippen LogP contribution in [0.1, 0.15) is 24.4 Å². The van der Waals surface area contributed by atoms with E-state index < -0.39 is 0 Å². The van der Waals surface area contributed by atoms with Gasteiger partial charge < -0.3 is 14.6 Å². The van der Waals surface area contributed by atoms with Gasteiger partial charge in [-0.3, -0.25) is 0 Å². The molecule has 0 saturated carbocycles. The van der Waals surface area contributed by atoms with Crippen molar-refractivity contribution in [2.45, 2.75) is 19.5 Å². The first-order chi connectivity index (χ1) is 11.7. The molecule has 0 aliphatic rings. The van der Waals surface area contributed by atoms with Gasteiger partial charge in [0.25, 0.3) is 5.89 Å². The summed E-state index contributed by atoms with van der Waals surface area (Å²) in [5.41, 5.74) is 2.16. The number of hydrogen-bond acceptors (Lipinski definition) is 4. The van der Waals surface area contributed by atoms with E-state index in [1.807, 2.05) is 36.4 Å². The van der Waals surface area contributed by atoms with Crippen molar-refractivity contribution in [3.63, 3.8) is 0 Å². The van der Waals surface area contributed by atoms with Gasteiger partial charge in [0, 0.05) is 11.1 Å². The van der Waals surface area contributed by atoms with Crippen LogP contribution in [0.15, 0.2) is 57.5 Å². The molecule has 0 radical (unpaired) electrons. The second-order valence-electron chi connectivity index (χ2n) is 5.50. The minimum absolute atomic E-state index is 0.263. The van der Waals surface area contributed by atoms with Crippen LogP contribution in [0.4, 0.5) is 0 Å². The van der Waals surface area contributed by atoms with Crippen LogP contribution >= 0.6 is 15.9 Å². The molecule has 0 fully saturated rings. The minimum Gasteiger partial charge on any atom is -0.496 e. The van der Waals surface area contributed by atoms with E-state index in [4.69, 9.17) is 9.26 Å². The topological polar surface area (TPSA) is 64.8 Å². The molecule has 3 rings (SSSR count). The lowest BCUT2D eigenvalue weighted by molar-refractivity contribution is -0.710. The lowest BCUT2D eigenvalue weighted by atomic mass is 10.1. The number of rotatable bonds is 6. The van der Waals surface area contributed by atoms with Crippen molar-refractivity contribution in [1.29, 1.82) is 0 Å². The largest absolute Gasteiger partial charge is 0.496 e. The Morgan fingerprint density at radius 3 is 2.71 bits per heavy atom. The van der Waals surface area contributed by atoms with Crippen molar-refractivity contribution < 1.29 is 14.6 Å². The van der Waals surface area contributed by atoms with Gasteiger partial charge in [-0.2, -0.15) is 4.98 Å². The van der Waals surface area contributed by atoms with E-state index in [2.05, 4.69) is 50.4 Å². The minimum atomic E-state index is 0.263. The summed E-state index contributed by atoms with van der Waals surface area (Å²) >= 11 is 3.52. The molecular weight excluding hydrogens is 370 g/mol. The molecule has 2 N–H and O–H groups in total. The summed E-state index contributed by atoms with van der Waals surface area (Å²) < 4.78 is 11.6. The number of hydrogen-bond donors (Lipinski definition) is 1. The van der Waals surface area contributed by atoms with Gasteiger partial charge in [-0.15, -0.1) is 0 Å². The summed E-state index contributed by atoms with van der Waals surface area (Å²) in [4.78, 5) is 4.45. The van der Waals surface area contributed by atoms with E-state index >= 15 is 0 Å². The normalized spacial score (nSPS) is 12.1. The Labute approximate surface area is 149 Å². The molecule has 0 bridgehead atoms. The van der Waals surface area contributed by atoms with Crippen LogP contribution in [-0.4, -0.2) is 17.3 Å². The van der Waals surface area contributed by atoms with Gasteiger partial charge >= 0.3 is 0 Å². The van der Waals surface area contributed by atoms with Gasteiger partial charge in [-0.25, -0.2) is 0 Å². The van der Waals surface area contributed by atoms with Crippen molar-refractivity contribution in [2.24, 2.45) is 0 Å². The summed E-state index contributed by atoms with van der Waals surface area (Å²) in [6.07, 6.45) is 0. The van der Waals surface area contributed by atoms with Crippen LogP contribution in [0.3, 0.4) is 0 Å². The third-order valence-corrected chi connectivity index (χ3v) is 4.47. The molecule has 3 aromatic rings. The summed E-state index contributed by atoms with van der Waals surface area (Å²) in [6.45, 7) is 2.77. The van der Waals surface area contributed by atoms with Gasteiger partial charge in [0.2, 0.25) is 5.82 Å². The molecule has 1 heterocycles. The summed E-state index contributed by atoms with van der Waals surface area (Å²) in [6, 6.07) is 16.2. The molecule has 0 saturated heterocycles. The Hall–Kier alpha value is -2.18. The van der Waals surface area contributed by atoms with Crippen LogP contribution in [0.25, 0.3) is 11.4 Å². The number of methoxy groups -OCH3 is 1. The molecule has 0 amide bonds. The van der Waals surface area contributed by atoms with Gasteiger partial charge in [0.05, 0.1) is 11.6 Å². The second-order valence-corrected chi connectivity index (χ2v) is 6.35. The van der Waals surface area contributed by atoms with Gasteiger partial charge in [0.1, 0.15) is 11.8 Å². The molecule has 5 nitrogen and oxygen atoms in total. The molecule has 0 aliphatic heterocycles. The monoisotopic (exact) mass is 388 g/mol. The van der Waals surface area contributed by atoms with Crippen LogP contribution < -0.4 is 10.1 Å². The number of ether oxygens (including phenoxy) is 1. The molecule has 1 aromatic heterocycles. The van der Waals surface area contributed by atoms with Crippen molar-refractivity contribution in [3.8, 4) is 17.1 Å². The number of quaternary nitrogens is 1. The molecular formula is C18H19BrN3O2+. The van der Waals surface area contributed by atoms with E-state index in [1.165, 1.54) is 5.56 Å². The molecule has 0 aliphatic carbocycles. The lowest BCUT2D eigenvalue weighted by Gasteiger charge is -2.11. The highest BCUT2D eigenvalue weighted by atomic mass is 79.9. The predicted molar refractivity (Wildman–Crippen MR) is 94.5 cm³/mol. The molecule has 124 valence electrons. The Kier molecular flexibility index (Phi) is 5.27. The molecule has 24 heavy (non-hydrogen) atoms.